The molecule has 86 valence electrons. The van der Waals surface area contributed by atoms with E-state index in [1.165, 1.54) is 0 Å². The average molecular weight is 220 g/mol. The van der Waals surface area contributed by atoms with E-state index >= 15 is 0 Å². The van der Waals surface area contributed by atoms with Crippen LogP contribution in [0, 0.1) is 5.92 Å². The van der Waals surface area contributed by atoms with Gasteiger partial charge in [0.2, 0.25) is 0 Å². The maximum Gasteiger partial charge on any atom is 0.307 e. The van der Waals surface area contributed by atoms with Gasteiger partial charge in [0, 0.05) is 5.41 Å². The van der Waals surface area contributed by atoms with E-state index in [1.807, 2.05) is 31.2 Å². The van der Waals surface area contributed by atoms with Crippen LogP contribution in [0.5, 0.6) is 5.75 Å². The molecule has 1 aliphatic rings. The first-order valence-electron chi connectivity index (χ1n) is 5.51. The van der Waals surface area contributed by atoms with Crippen LogP contribution in [0.25, 0.3) is 0 Å². The highest BCUT2D eigenvalue weighted by molar-refractivity contribution is 5.77. The summed E-state index contributed by atoms with van der Waals surface area (Å²) < 4.78 is 5.17. The Labute approximate surface area is 95.0 Å². The van der Waals surface area contributed by atoms with Crippen molar-refractivity contribution < 1.29 is 14.6 Å². The van der Waals surface area contributed by atoms with Crippen LogP contribution in [0.2, 0.25) is 0 Å². The minimum atomic E-state index is -0.690. The molecule has 1 saturated carbocycles. The molecule has 1 fully saturated rings. The third-order valence-electron chi connectivity index (χ3n) is 3.65. The molecule has 16 heavy (non-hydrogen) atoms. The average Bonchev–Trinajstić information content (AvgIpc) is 3.05. The van der Waals surface area contributed by atoms with Crippen molar-refractivity contribution in [3.8, 4) is 5.75 Å². The normalized spacial score (nSPS) is 27.5. The highest BCUT2D eigenvalue weighted by Gasteiger charge is 2.58. The number of ether oxygens (including phenoxy) is 1. The van der Waals surface area contributed by atoms with E-state index in [0.29, 0.717) is 0 Å². The highest BCUT2D eigenvalue weighted by Crippen LogP contribution is 2.57. The zero-order valence-electron chi connectivity index (χ0n) is 9.56. The first-order chi connectivity index (χ1) is 7.64. The van der Waals surface area contributed by atoms with E-state index in [2.05, 4.69) is 0 Å². The van der Waals surface area contributed by atoms with Crippen LogP contribution in [0.3, 0.4) is 0 Å². The SMILES string of the molecule is CCC1(c2cccc(OC)c2)C[C@H]1C(=O)O. The number of rotatable bonds is 4. The number of carboxylic acids is 1. The molecule has 1 aromatic rings. The molecule has 0 aromatic heterocycles. The lowest BCUT2D eigenvalue weighted by molar-refractivity contribution is -0.139. The number of carboxylic acid groups (broad SMARTS) is 1. The monoisotopic (exact) mass is 220 g/mol. The van der Waals surface area contributed by atoms with Crippen LogP contribution in [0.1, 0.15) is 25.3 Å². The third kappa shape index (κ3) is 1.56. The molecule has 0 spiro atoms. The molecule has 0 aliphatic heterocycles. The minimum absolute atomic E-state index is 0.166. The fourth-order valence-electron chi connectivity index (χ4n) is 2.48. The van der Waals surface area contributed by atoms with Gasteiger partial charge in [-0.15, -0.1) is 0 Å². The predicted octanol–water partition coefficient (Wildman–Crippen LogP) is 2.45. The molecule has 0 radical (unpaired) electrons. The Morgan fingerprint density at radius 1 is 1.62 bits per heavy atom. The van der Waals surface area contributed by atoms with Crippen molar-refractivity contribution in [2.24, 2.45) is 5.92 Å². The van der Waals surface area contributed by atoms with Crippen molar-refractivity contribution in [1.82, 2.24) is 0 Å². The Bertz CT molecular complexity index is 413. The van der Waals surface area contributed by atoms with Crippen molar-refractivity contribution in [3.63, 3.8) is 0 Å². The van der Waals surface area contributed by atoms with E-state index in [1.54, 1.807) is 7.11 Å². The quantitative estimate of drug-likeness (QED) is 0.847. The Morgan fingerprint density at radius 2 is 2.38 bits per heavy atom. The van der Waals surface area contributed by atoms with Crippen LogP contribution in [0.15, 0.2) is 24.3 Å². The summed E-state index contributed by atoms with van der Waals surface area (Å²) >= 11 is 0. The van der Waals surface area contributed by atoms with Gasteiger partial charge in [0.05, 0.1) is 13.0 Å². The first-order valence-corrected chi connectivity index (χ1v) is 5.51. The standard InChI is InChI=1S/C13H16O3/c1-3-13(8-11(13)12(14)15)9-5-4-6-10(7-9)16-2/h4-7,11H,3,8H2,1-2H3,(H,14,15)/t11-,13?/m0/s1. The van der Waals surface area contributed by atoms with Crippen LogP contribution >= 0.6 is 0 Å². The van der Waals surface area contributed by atoms with E-state index in [-0.39, 0.29) is 11.3 Å². The molecule has 2 rings (SSSR count). The molecule has 0 saturated heterocycles. The van der Waals surface area contributed by atoms with Crippen molar-refractivity contribution in [1.29, 1.82) is 0 Å². The highest BCUT2D eigenvalue weighted by atomic mass is 16.5. The second-order valence-electron chi connectivity index (χ2n) is 4.34. The fraction of sp³-hybridized carbons (Fsp3) is 0.462. The van der Waals surface area contributed by atoms with Gasteiger partial charge in [-0.3, -0.25) is 4.79 Å². The molecule has 2 atom stereocenters. The fourth-order valence-corrected chi connectivity index (χ4v) is 2.48. The zero-order valence-corrected chi connectivity index (χ0v) is 9.56. The van der Waals surface area contributed by atoms with Crippen LogP contribution in [-0.4, -0.2) is 18.2 Å². The number of hydrogen-bond acceptors (Lipinski definition) is 2. The third-order valence-corrected chi connectivity index (χ3v) is 3.65. The summed E-state index contributed by atoms with van der Waals surface area (Å²) in [5, 5.41) is 9.08. The summed E-state index contributed by atoms with van der Waals surface area (Å²) in [5.41, 5.74) is 0.919. The lowest BCUT2D eigenvalue weighted by atomic mass is 9.90. The Kier molecular flexibility index (Phi) is 2.62. The maximum absolute atomic E-state index is 11.0. The lowest BCUT2D eigenvalue weighted by Gasteiger charge is -2.15. The van der Waals surface area contributed by atoms with Crippen molar-refractivity contribution in [3.05, 3.63) is 29.8 Å². The van der Waals surface area contributed by atoms with Gasteiger partial charge in [0.1, 0.15) is 5.75 Å². The van der Waals surface area contributed by atoms with E-state index < -0.39 is 5.97 Å². The predicted molar refractivity (Wildman–Crippen MR) is 60.7 cm³/mol. The van der Waals surface area contributed by atoms with E-state index in [9.17, 15) is 4.79 Å². The van der Waals surface area contributed by atoms with Gasteiger partial charge in [-0.1, -0.05) is 19.1 Å². The van der Waals surface area contributed by atoms with Gasteiger partial charge in [0.25, 0.3) is 0 Å². The summed E-state index contributed by atoms with van der Waals surface area (Å²) in [6.07, 6.45) is 1.60. The molecular formula is C13H16O3. The molecule has 3 heteroatoms. The largest absolute Gasteiger partial charge is 0.497 e. The Hall–Kier alpha value is -1.51. The molecule has 3 nitrogen and oxygen atoms in total. The number of methoxy groups -OCH3 is 1. The second kappa shape index (κ2) is 3.81. The first kappa shape index (κ1) is 11.0. The van der Waals surface area contributed by atoms with Gasteiger partial charge >= 0.3 is 5.97 Å². The number of hydrogen-bond donors (Lipinski definition) is 1. The van der Waals surface area contributed by atoms with Gasteiger partial charge in [-0.05, 0) is 30.5 Å². The van der Waals surface area contributed by atoms with Crippen molar-refractivity contribution in [2.45, 2.75) is 25.2 Å². The summed E-state index contributed by atoms with van der Waals surface area (Å²) in [6, 6.07) is 7.75. The maximum atomic E-state index is 11.0. The number of benzene rings is 1. The Balaban J connectivity index is 2.32. The minimum Gasteiger partial charge on any atom is -0.497 e. The van der Waals surface area contributed by atoms with E-state index in [0.717, 1.165) is 24.2 Å². The summed E-state index contributed by atoms with van der Waals surface area (Å²) in [7, 11) is 1.62. The molecule has 0 amide bonds. The zero-order chi connectivity index (χ0) is 11.8. The van der Waals surface area contributed by atoms with Crippen molar-refractivity contribution in [2.75, 3.05) is 7.11 Å². The number of aliphatic carboxylic acids is 1. The Morgan fingerprint density at radius 3 is 2.88 bits per heavy atom. The molecule has 0 bridgehead atoms. The molecule has 0 heterocycles. The van der Waals surface area contributed by atoms with Crippen LogP contribution in [-0.2, 0) is 10.2 Å². The lowest BCUT2D eigenvalue weighted by Crippen LogP contribution is -2.14. The summed E-state index contributed by atoms with van der Waals surface area (Å²) in [4.78, 5) is 11.0. The molecule has 1 unspecified atom stereocenters. The topological polar surface area (TPSA) is 46.5 Å². The van der Waals surface area contributed by atoms with Gasteiger partial charge in [0.15, 0.2) is 0 Å². The molecular weight excluding hydrogens is 204 g/mol. The van der Waals surface area contributed by atoms with Crippen molar-refractivity contribution >= 4 is 5.97 Å². The smallest absolute Gasteiger partial charge is 0.307 e. The van der Waals surface area contributed by atoms with E-state index in [4.69, 9.17) is 9.84 Å². The molecule has 1 N–H and O–H groups in total. The van der Waals surface area contributed by atoms with Crippen LogP contribution < -0.4 is 4.74 Å². The molecule has 1 aromatic carbocycles. The number of carbonyl (C=O) groups is 1. The summed E-state index contributed by atoms with van der Waals surface area (Å²) in [6.45, 7) is 2.04. The van der Waals surface area contributed by atoms with Gasteiger partial charge < -0.3 is 9.84 Å². The molecule has 1 aliphatic carbocycles. The van der Waals surface area contributed by atoms with Crippen LogP contribution in [0.4, 0.5) is 0 Å². The second-order valence-corrected chi connectivity index (χ2v) is 4.34. The van der Waals surface area contributed by atoms with Gasteiger partial charge in [-0.2, -0.15) is 0 Å². The van der Waals surface area contributed by atoms with Gasteiger partial charge in [-0.25, -0.2) is 0 Å². The summed E-state index contributed by atoms with van der Waals surface area (Å²) in [5.74, 6) is -0.129.